The molecule has 1 aromatic carbocycles. The Morgan fingerprint density at radius 2 is 1.56 bits per heavy atom. The van der Waals surface area contributed by atoms with Crippen LogP contribution in [0.15, 0.2) is 47.7 Å². The summed E-state index contributed by atoms with van der Waals surface area (Å²) in [6.07, 6.45) is 3.38. The number of halogens is 2. The van der Waals surface area contributed by atoms with Crippen molar-refractivity contribution in [3.05, 3.63) is 42.6 Å². The molecule has 0 aliphatic rings. The fraction of sp³-hybridized carbons (Fsp3) is 0.444. The summed E-state index contributed by atoms with van der Waals surface area (Å²) >= 11 is 10.6. The van der Waals surface area contributed by atoms with E-state index in [0.29, 0.717) is 0 Å². The molecule has 0 radical (unpaired) electrons. The Morgan fingerprint density at radius 1 is 1.16 bits per heavy atom. The van der Waals surface area contributed by atoms with E-state index in [0.717, 1.165) is 11.4 Å². The van der Waals surface area contributed by atoms with E-state index in [1.165, 1.54) is 6.20 Å². The summed E-state index contributed by atoms with van der Waals surface area (Å²) in [5.74, 6) is 0. The van der Waals surface area contributed by atoms with Gasteiger partial charge in [0.25, 0.3) is 6.47 Å². The van der Waals surface area contributed by atoms with Crippen molar-refractivity contribution < 1.29 is 9.90 Å². The standard InChI is InChI=1S/C14H21N3.C3H6Cl2.CH2O2/c1-14(2,3)13(10-11-15)16-17(4)12-8-6-5-7-9-12;1-3(2,4)5;2-1-3/h5-11H,15H2,1-4H3;1-2H3;1H,(H,2,3)/b11-10+,16-13+;;. The van der Waals surface area contributed by atoms with Crippen molar-refractivity contribution in [2.24, 2.45) is 16.3 Å². The highest BCUT2D eigenvalue weighted by molar-refractivity contribution is 6.47. The van der Waals surface area contributed by atoms with Crippen molar-refractivity contribution >= 4 is 41.1 Å². The van der Waals surface area contributed by atoms with Crippen LogP contribution in [-0.2, 0) is 4.79 Å². The molecule has 25 heavy (non-hydrogen) atoms. The molecule has 142 valence electrons. The average Bonchev–Trinajstić information content (AvgIpc) is 2.46. The number of hydrogen-bond acceptors (Lipinski definition) is 4. The molecule has 7 heteroatoms. The second kappa shape index (κ2) is 12.6. The molecule has 0 amide bonds. The van der Waals surface area contributed by atoms with Crippen LogP contribution in [0.1, 0.15) is 34.6 Å². The fourth-order valence-electron chi connectivity index (χ4n) is 1.39. The van der Waals surface area contributed by atoms with Gasteiger partial charge in [-0.05, 0) is 38.3 Å². The van der Waals surface area contributed by atoms with Crippen LogP contribution in [0.25, 0.3) is 0 Å². The van der Waals surface area contributed by atoms with Crippen molar-refractivity contribution in [3.63, 3.8) is 0 Å². The Morgan fingerprint density at radius 3 is 1.88 bits per heavy atom. The van der Waals surface area contributed by atoms with Gasteiger partial charge in [-0.25, -0.2) is 0 Å². The van der Waals surface area contributed by atoms with Crippen LogP contribution in [0, 0.1) is 5.41 Å². The minimum Gasteiger partial charge on any atom is -0.483 e. The second-order valence-electron chi connectivity index (χ2n) is 6.39. The number of rotatable bonds is 3. The molecule has 0 aromatic heterocycles. The number of nitrogens with two attached hydrogens (primary N) is 1. The lowest BCUT2D eigenvalue weighted by molar-refractivity contribution is -0.122. The predicted octanol–water partition coefficient (Wildman–Crippen LogP) is 4.90. The molecule has 0 unspecified atom stereocenters. The van der Waals surface area contributed by atoms with Gasteiger partial charge in [0.05, 0.1) is 11.4 Å². The van der Waals surface area contributed by atoms with Gasteiger partial charge in [0.2, 0.25) is 0 Å². The third-order valence-corrected chi connectivity index (χ3v) is 2.41. The molecule has 0 atom stereocenters. The molecule has 0 spiro atoms. The normalized spacial score (nSPS) is 11.8. The number of benzene rings is 1. The third-order valence-electron chi connectivity index (χ3n) is 2.41. The molecule has 0 aliphatic heterocycles. The maximum Gasteiger partial charge on any atom is 0.290 e. The van der Waals surface area contributed by atoms with E-state index in [1.54, 1.807) is 13.8 Å². The number of hydrazone groups is 1. The number of para-hydroxylation sites is 1. The number of anilines is 1. The van der Waals surface area contributed by atoms with Crippen molar-refractivity contribution in [3.8, 4) is 0 Å². The number of alkyl halides is 2. The molecule has 0 fully saturated rings. The van der Waals surface area contributed by atoms with Crippen LogP contribution in [0.3, 0.4) is 0 Å². The lowest BCUT2D eigenvalue weighted by Gasteiger charge is -2.22. The first-order valence-corrected chi connectivity index (χ1v) is 8.34. The van der Waals surface area contributed by atoms with Crippen LogP contribution >= 0.6 is 23.2 Å². The van der Waals surface area contributed by atoms with Crippen molar-refractivity contribution in [1.29, 1.82) is 0 Å². The summed E-state index contributed by atoms with van der Waals surface area (Å²) < 4.78 is -0.556. The number of carboxylic acid groups (broad SMARTS) is 1. The second-order valence-corrected chi connectivity index (χ2v) is 8.47. The quantitative estimate of drug-likeness (QED) is 0.333. The van der Waals surface area contributed by atoms with Crippen LogP contribution in [0.5, 0.6) is 0 Å². The molecule has 0 saturated carbocycles. The Kier molecular flexibility index (Phi) is 12.9. The highest BCUT2D eigenvalue weighted by Gasteiger charge is 2.17. The van der Waals surface area contributed by atoms with Gasteiger partial charge >= 0.3 is 0 Å². The van der Waals surface area contributed by atoms with Crippen LogP contribution in [-0.4, -0.2) is 28.7 Å². The van der Waals surface area contributed by atoms with Crippen molar-refractivity contribution in [1.82, 2.24) is 0 Å². The SMILES string of the molecule is CC(C)(Cl)Cl.CN(/N=C(\C=C\N)C(C)(C)C)c1ccccc1.O=CO. The Labute approximate surface area is 161 Å². The van der Waals surface area contributed by atoms with Gasteiger partial charge in [-0.3, -0.25) is 9.80 Å². The fourth-order valence-corrected chi connectivity index (χ4v) is 1.39. The lowest BCUT2D eigenvalue weighted by atomic mass is 9.90. The van der Waals surface area contributed by atoms with Gasteiger partial charge in [-0.1, -0.05) is 39.0 Å². The van der Waals surface area contributed by atoms with E-state index in [9.17, 15) is 0 Å². The van der Waals surface area contributed by atoms with E-state index in [4.69, 9.17) is 38.8 Å². The molecule has 5 nitrogen and oxygen atoms in total. The van der Waals surface area contributed by atoms with E-state index in [2.05, 4.69) is 25.9 Å². The summed E-state index contributed by atoms with van der Waals surface area (Å²) in [5, 5.41) is 13.3. The van der Waals surface area contributed by atoms with E-state index in [1.807, 2.05) is 48.5 Å². The Balaban J connectivity index is 0. The monoisotopic (exact) mass is 389 g/mol. The smallest absolute Gasteiger partial charge is 0.290 e. The lowest BCUT2D eigenvalue weighted by Crippen LogP contribution is -2.23. The maximum atomic E-state index is 8.36. The molecule has 0 bridgehead atoms. The minimum absolute atomic E-state index is 0.0289. The number of allylic oxidation sites excluding steroid dienone is 1. The first-order chi connectivity index (χ1) is 11.4. The van der Waals surface area contributed by atoms with Crippen LogP contribution in [0.4, 0.5) is 5.69 Å². The average molecular weight is 390 g/mol. The third kappa shape index (κ3) is 16.9. The van der Waals surface area contributed by atoms with E-state index < -0.39 is 4.33 Å². The Hall–Kier alpha value is -1.72. The first kappa shape index (κ1) is 25.5. The van der Waals surface area contributed by atoms with E-state index in [-0.39, 0.29) is 11.9 Å². The number of carbonyl (C=O) groups is 1. The zero-order valence-electron chi connectivity index (χ0n) is 15.7. The molecule has 0 aliphatic carbocycles. The van der Waals surface area contributed by atoms with Crippen LogP contribution < -0.4 is 10.7 Å². The maximum absolute atomic E-state index is 8.36. The zero-order chi connectivity index (χ0) is 20.1. The van der Waals surface area contributed by atoms with Crippen molar-refractivity contribution in [2.75, 3.05) is 12.1 Å². The van der Waals surface area contributed by atoms with Gasteiger partial charge in [0.15, 0.2) is 0 Å². The molecule has 0 heterocycles. The summed E-state index contributed by atoms with van der Waals surface area (Å²) in [5.41, 5.74) is 7.44. The molecule has 1 aromatic rings. The molecule has 0 saturated heterocycles. The molecule has 1 rings (SSSR count). The summed E-state index contributed by atoms with van der Waals surface area (Å²) in [7, 11) is 1.94. The molecular weight excluding hydrogens is 361 g/mol. The first-order valence-electron chi connectivity index (χ1n) is 7.58. The summed E-state index contributed by atoms with van der Waals surface area (Å²) in [6.45, 7) is 9.53. The predicted molar refractivity (Wildman–Crippen MR) is 110 cm³/mol. The Bertz CT molecular complexity index is 527. The van der Waals surface area contributed by atoms with Crippen molar-refractivity contribution in [2.45, 2.75) is 39.0 Å². The number of nitrogens with zero attached hydrogens (tertiary/aromatic N) is 2. The molecule has 3 N–H and O–H groups in total. The molecular formula is C18H29Cl2N3O2. The van der Waals surface area contributed by atoms with Gasteiger partial charge in [-0.2, -0.15) is 5.10 Å². The largest absolute Gasteiger partial charge is 0.483 e. The number of hydrogen-bond donors (Lipinski definition) is 2. The summed E-state index contributed by atoms with van der Waals surface area (Å²) in [6, 6.07) is 10.0. The highest BCUT2D eigenvalue weighted by Crippen LogP contribution is 2.19. The summed E-state index contributed by atoms with van der Waals surface area (Å²) in [4.78, 5) is 8.36. The zero-order valence-corrected chi connectivity index (χ0v) is 17.2. The van der Waals surface area contributed by atoms with Gasteiger partial charge in [0.1, 0.15) is 4.33 Å². The van der Waals surface area contributed by atoms with Gasteiger partial charge in [0, 0.05) is 12.5 Å². The highest BCUT2D eigenvalue weighted by atomic mass is 35.5. The van der Waals surface area contributed by atoms with Crippen LogP contribution in [0.2, 0.25) is 0 Å². The van der Waals surface area contributed by atoms with Gasteiger partial charge in [-0.15, -0.1) is 23.2 Å². The van der Waals surface area contributed by atoms with E-state index >= 15 is 0 Å². The topological polar surface area (TPSA) is 78.9 Å². The minimum atomic E-state index is -0.556. The van der Waals surface area contributed by atoms with Gasteiger partial charge < -0.3 is 10.8 Å².